The minimum Gasteiger partial charge on any atom is -0.491 e. The van der Waals surface area contributed by atoms with Crippen molar-refractivity contribution in [2.45, 2.75) is 32.8 Å². The molecular formula is C20H30O8. The second-order valence-electron chi connectivity index (χ2n) is 6.93. The van der Waals surface area contributed by atoms with Gasteiger partial charge in [-0.15, -0.1) is 0 Å². The van der Waals surface area contributed by atoms with Gasteiger partial charge in [0.15, 0.2) is 0 Å². The number of carbonyl (C=O) groups excluding carboxylic acids is 1. The van der Waals surface area contributed by atoms with Crippen LogP contribution in [0.5, 0.6) is 5.75 Å². The van der Waals surface area contributed by atoms with Crippen molar-refractivity contribution < 1.29 is 38.4 Å². The average molecular weight is 398 g/mol. The van der Waals surface area contributed by atoms with Crippen molar-refractivity contribution in [2.75, 3.05) is 46.2 Å². The van der Waals surface area contributed by atoms with Crippen LogP contribution in [0.3, 0.4) is 0 Å². The van der Waals surface area contributed by atoms with Crippen molar-refractivity contribution in [3.63, 3.8) is 0 Å². The zero-order valence-electron chi connectivity index (χ0n) is 16.8. The largest absolute Gasteiger partial charge is 0.491 e. The van der Waals surface area contributed by atoms with Crippen LogP contribution in [0.2, 0.25) is 0 Å². The minimum atomic E-state index is -0.862. The van der Waals surface area contributed by atoms with Gasteiger partial charge in [-0.3, -0.25) is 4.79 Å². The molecule has 0 heterocycles. The molecule has 0 aliphatic carbocycles. The Morgan fingerprint density at radius 2 is 1.39 bits per heavy atom. The number of rotatable bonds is 14. The number of carboxylic acids is 1. The van der Waals surface area contributed by atoms with E-state index in [1.165, 1.54) is 0 Å². The second-order valence-corrected chi connectivity index (χ2v) is 6.93. The topological polar surface area (TPSA) is 101 Å². The maximum absolute atomic E-state index is 11.4. The lowest BCUT2D eigenvalue weighted by Crippen LogP contribution is -2.27. The molecule has 1 aromatic carbocycles. The van der Waals surface area contributed by atoms with E-state index in [0.29, 0.717) is 45.4 Å². The highest BCUT2D eigenvalue weighted by Crippen LogP contribution is 2.12. The van der Waals surface area contributed by atoms with Crippen LogP contribution < -0.4 is 4.74 Å². The van der Waals surface area contributed by atoms with Crippen molar-refractivity contribution in [1.82, 2.24) is 0 Å². The summed E-state index contributed by atoms with van der Waals surface area (Å²) in [5, 5.41) is 8.72. The van der Waals surface area contributed by atoms with Crippen LogP contribution in [0.25, 0.3) is 0 Å². The van der Waals surface area contributed by atoms with Gasteiger partial charge in [0, 0.05) is 0 Å². The molecule has 8 nitrogen and oxygen atoms in total. The fraction of sp³-hybridized carbons (Fsp3) is 0.600. The normalized spacial score (nSPS) is 11.2. The van der Waals surface area contributed by atoms with Crippen LogP contribution in [0.4, 0.5) is 0 Å². The molecule has 0 amide bonds. The van der Waals surface area contributed by atoms with Gasteiger partial charge in [-0.1, -0.05) is 12.1 Å². The van der Waals surface area contributed by atoms with Gasteiger partial charge in [-0.2, -0.15) is 0 Å². The van der Waals surface area contributed by atoms with E-state index in [0.717, 1.165) is 5.56 Å². The Balaban J connectivity index is 1.93. The SMILES string of the molecule is CC(C)(C)OC(=O)COCCOCCOCCOc1ccc(CC(=O)O)cc1. The summed E-state index contributed by atoms with van der Waals surface area (Å²) in [6, 6.07) is 6.92. The number of esters is 1. The third kappa shape index (κ3) is 13.1. The molecule has 0 saturated heterocycles. The van der Waals surface area contributed by atoms with Crippen LogP contribution in [-0.2, 0) is 35.0 Å². The van der Waals surface area contributed by atoms with Gasteiger partial charge in [0.2, 0.25) is 0 Å². The first-order valence-electron chi connectivity index (χ1n) is 9.15. The van der Waals surface area contributed by atoms with Gasteiger partial charge in [-0.25, -0.2) is 4.79 Å². The molecule has 0 aliphatic rings. The summed E-state index contributed by atoms with van der Waals surface area (Å²) in [7, 11) is 0. The summed E-state index contributed by atoms with van der Waals surface area (Å²) in [6.07, 6.45) is -0.00453. The molecule has 0 aliphatic heterocycles. The molecule has 1 rings (SSSR count). The molecule has 0 fully saturated rings. The standard InChI is InChI=1S/C20H30O8/c1-20(2,3)28-19(23)15-26-11-10-24-8-9-25-12-13-27-17-6-4-16(5-7-17)14-18(21)22/h4-7H,8-15H2,1-3H3,(H,21,22). The zero-order chi connectivity index (χ0) is 20.8. The third-order valence-electron chi connectivity index (χ3n) is 3.16. The molecule has 8 heteroatoms. The van der Waals surface area contributed by atoms with E-state index in [2.05, 4.69) is 0 Å². The van der Waals surface area contributed by atoms with Gasteiger partial charge in [0.05, 0.1) is 39.5 Å². The van der Waals surface area contributed by atoms with Crippen LogP contribution >= 0.6 is 0 Å². The molecule has 0 radical (unpaired) electrons. The van der Waals surface area contributed by atoms with E-state index in [4.69, 9.17) is 28.8 Å². The van der Waals surface area contributed by atoms with Gasteiger partial charge in [-0.05, 0) is 38.5 Å². The number of ether oxygens (including phenoxy) is 5. The van der Waals surface area contributed by atoms with Crippen molar-refractivity contribution >= 4 is 11.9 Å². The molecule has 0 aromatic heterocycles. The van der Waals surface area contributed by atoms with Crippen molar-refractivity contribution in [1.29, 1.82) is 0 Å². The Morgan fingerprint density at radius 1 is 0.857 bits per heavy atom. The quantitative estimate of drug-likeness (QED) is 0.376. The summed E-state index contributed by atoms with van der Waals surface area (Å²) in [4.78, 5) is 22.0. The first kappa shape index (κ1) is 23.9. The molecular weight excluding hydrogens is 368 g/mol. The first-order valence-corrected chi connectivity index (χ1v) is 9.15. The smallest absolute Gasteiger partial charge is 0.332 e. The number of carbonyl (C=O) groups is 2. The molecule has 28 heavy (non-hydrogen) atoms. The van der Waals surface area contributed by atoms with Gasteiger partial charge >= 0.3 is 11.9 Å². The first-order chi connectivity index (χ1) is 13.3. The summed E-state index contributed by atoms with van der Waals surface area (Å²) < 4.78 is 26.5. The monoisotopic (exact) mass is 398 g/mol. The number of carboxylic acid groups (broad SMARTS) is 1. The molecule has 1 aromatic rings. The number of hydrogen-bond donors (Lipinski definition) is 1. The Kier molecular flexibility index (Phi) is 11.2. The van der Waals surface area contributed by atoms with Crippen LogP contribution in [-0.4, -0.2) is 68.9 Å². The van der Waals surface area contributed by atoms with E-state index >= 15 is 0 Å². The predicted molar refractivity (Wildman–Crippen MR) is 102 cm³/mol. The highest BCUT2D eigenvalue weighted by Gasteiger charge is 2.15. The second kappa shape index (κ2) is 13.1. The number of aliphatic carboxylic acids is 1. The zero-order valence-corrected chi connectivity index (χ0v) is 16.8. The van der Waals surface area contributed by atoms with Crippen LogP contribution in [0.1, 0.15) is 26.3 Å². The molecule has 1 N–H and O–H groups in total. The molecule has 0 spiro atoms. The molecule has 0 atom stereocenters. The van der Waals surface area contributed by atoms with Gasteiger partial charge in [0.1, 0.15) is 24.6 Å². The van der Waals surface area contributed by atoms with E-state index in [1.54, 1.807) is 45.0 Å². The Bertz CT molecular complexity index is 577. The fourth-order valence-corrected chi connectivity index (χ4v) is 2.06. The van der Waals surface area contributed by atoms with E-state index in [1.807, 2.05) is 0 Å². The highest BCUT2D eigenvalue weighted by molar-refractivity contribution is 5.71. The maximum atomic E-state index is 11.4. The lowest BCUT2D eigenvalue weighted by molar-refractivity contribution is -0.160. The van der Waals surface area contributed by atoms with Crippen molar-refractivity contribution in [3.05, 3.63) is 29.8 Å². The Labute approximate surface area is 165 Å². The minimum absolute atomic E-state index is 0.00453. The third-order valence-corrected chi connectivity index (χ3v) is 3.16. The lowest BCUT2D eigenvalue weighted by atomic mass is 10.1. The van der Waals surface area contributed by atoms with Crippen LogP contribution in [0.15, 0.2) is 24.3 Å². The van der Waals surface area contributed by atoms with Crippen molar-refractivity contribution in [2.24, 2.45) is 0 Å². The van der Waals surface area contributed by atoms with E-state index in [-0.39, 0.29) is 13.0 Å². The van der Waals surface area contributed by atoms with Gasteiger partial charge < -0.3 is 28.8 Å². The summed E-state index contributed by atoms with van der Waals surface area (Å²) in [5.74, 6) is -0.595. The molecule has 0 saturated carbocycles. The van der Waals surface area contributed by atoms with Crippen LogP contribution in [0, 0.1) is 0 Å². The van der Waals surface area contributed by atoms with Crippen molar-refractivity contribution in [3.8, 4) is 5.75 Å². The highest BCUT2D eigenvalue weighted by atomic mass is 16.6. The summed E-state index contributed by atoms with van der Waals surface area (Å²) >= 11 is 0. The Hall–Kier alpha value is -2.16. The van der Waals surface area contributed by atoms with Gasteiger partial charge in [0.25, 0.3) is 0 Å². The fourth-order valence-electron chi connectivity index (χ4n) is 2.06. The lowest BCUT2D eigenvalue weighted by Gasteiger charge is -2.19. The molecule has 0 bridgehead atoms. The summed E-state index contributed by atoms with van der Waals surface area (Å²) in [6.45, 7) is 7.63. The van der Waals surface area contributed by atoms with E-state index in [9.17, 15) is 9.59 Å². The summed E-state index contributed by atoms with van der Waals surface area (Å²) in [5.41, 5.74) is 0.213. The maximum Gasteiger partial charge on any atom is 0.332 e. The number of benzene rings is 1. The van der Waals surface area contributed by atoms with E-state index < -0.39 is 17.5 Å². The average Bonchev–Trinajstić information content (AvgIpc) is 2.59. The number of hydrogen-bond acceptors (Lipinski definition) is 7. The predicted octanol–water partition coefficient (Wildman–Crippen LogP) is 2.08. The molecule has 0 unspecified atom stereocenters. The Morgan fingerprint density at radius 3 is 1.93 bits per heavy atom. The molecule has 158 valence electrons.